The number of nitrogens with zero attached hydrogens (tertiary/aromatic N) is 1. The molecule has 0 aliphatic rings. The van der Waals surface area contributed by atoms with Crippen molar-refractivity contribution in [1.29, 1.82) is 0 Å². The van der Waals surface area contributed by atoms with E-state index in [4.69, 9.17) is 14.2 Å². The molecule has 0 aromatic heterocycles. The van der Waals surface area contributed by atoms with Gasteiger partial charge in [-0.1, -0.05) is 137 Å². The molecule has 0 radical (unpaired) electrons. The lowest BCUT2D eigenvalue weighted by molar-refractivity contribution is -0.887. The Balaban J connectivity index is 4.45. The van der Waals surface area contributed by atoms with E-state index in [1.165, 1.54) is 25.7 Å². The second-order valence-corrected chi connectivity index (χ2v) is 15.9. The van der Waals surface area contributed by atoms with E-state index in [9.17, 15) is 19.5 Å². The summed E-state index contributed by atoms with van der Waals surface area (Å²) in [6.45, 7) is 4.50. The SMILES string of the molecule is CC/C=C/C/C=C/C/C=C/CCCCCCC(=O)OC(COCCC(C(=O)O)[N+](C)(C)C)COC(=O)CCCC/C=C/C/C=C/C/C=C/C/C=C/C/C=C/CCCCC. The predicted molar refractivity (Wildman–Crippen MR) is 247 cm³/mol. The van der Waals surface area contributed by atoms with E-state index >= 15 is 0 Å². The number of ether oxygens (including phenoxy) is 3. The normalized spacial score (nSPS) is 13.8. The summed E-state index contributed by atoms with van der Waals surface area (Å²) in [4.78, 5) is 37.0. The third-order valence-electron chi connectivity index (χ3n) is 9.47. The summed E-state index contributed by atoms with van der Waals surface area (Å²) in [5.74, 6) is -1.57. The summed E-state index contributed by atoms with van der Waals surface area (Å²) in [5, 5.41) is 9.62. The molecule has 334 valence electrons. The number of carboxylic acids is 1. The Bertz CT molecular complexity index is 1280. The van der Waals surface area contributed by atoms with Crippen LogP contribution in [0.3, 0.4) is 0 Å². The molecule has 0 heterocycles. The highest BCUT2D eigenvalue weighted by Crippen LogP contribution is 2.12. The molecule has 0 saturated carbocycles. The van der Waals surface area contributed by atoms with E-state index in [1.807, 2.05) is 21.1 Å². The lowest BCUT2D eigenvalue weighted by Crippen LogP contribution is -2.50. The number of allylic oxidation sites excluding steroid dienone is 16. The maximum atomic E-state index is 12.7. The van der Waals surface area contributed by atoms with Crippen molar-refractivity contribution in [2.45, 2.75) is 167 Å². The van der Waals surface area contributed by atoms with E-state index in [2.05, 4.69) is 111 Å². The topological polar surface area (TPSA) is 99.1 Å². The minimum absolute atomic E-state index is 0.0314. The number of rotatable bonds is 39. The van der Waals surface area contributed by atoms with Gasteiger partial charge in [-0.2, -0.15) is 0 Å². The Morgan fingerprint density at radius 2 is 0.949 bits per heavy atom. The number of quaternary nitrogens is 1. The maximum Gasteiger partial charge on any atom is 0.362 e. The van der Waals surface area contributed by atoms with Crippen LogP contribution in [0.2, 0.25) is 0 Å². The fourth-order valence-electron chi connectivity index (χ4n) is 5.95. The van der Waals surface area contributed by atoms with Crippen LogP contribution >= 0.6 is 0 Å². The van der Waals surface area contributed by atoms with Gasteiger partial charge in [-0.05, 0) is 96.3 Å². The van der Waals surface area contributed by atoms with Gasteiger partial charge in [0.05, 0.1) is 34.4 Å². The van der Waals surface area contributed by atoms with E-state index in [1.54, 1.807) is 0 Å². The average Bonchev–Trinajstić information content (AvgIpc) is 3.19. The first kappa shape index (κ1) is 55.2. The number of carbonyl (C=O) groups excluding carboxylic acids is 2. The molecule has 0 fully saturated rings. The molecule has 59 heavy (non-hydrogen) atoms. The van der Waals surface area contributed by atoms with Gasteiger partial charge in [0.1, 0.15) is 6.61 Å². The minimum atomic E-state index is -0.890. The van der Waals surface area contributed by atoms with Gasteiger partial charge in [-0.15, -0.1) is 0 Å². The number of unbranched alkanes of at least 4 members (excludes halogenated alkanes) is 9. The van der Waals surface area contributed by atoms with Crippen molar-refractivity contribution in [2.75, 3.05) is 41.0 Å². The van der Waals surface area contributed by atoms with Crippen LogP contribution in [0.15, 0.2) is 97.2 Å². The summed E-state index contributed by atoms with van der Waals surface area (Å²) >= 11 is 0. The van der Waals surface area contributed by atoms with Crippen LogP contribution in [-0.4, -0.2) is 80.6 Å². The van der Waals surface area contributed by atoms with E-state index < -0.39 is 18.1 Å². The Morgan fingerprint density at radius 3 is 1.42 bits per heavy atom. The smallest absolute Gasteiger partial charge is 0.362 e. The monoisotopic (exact) mass is 823 g/mol. The van der Waals surface area contributed by atoms with Crippen molar-refractivity contribution >= 4 is 17.9 Å². The molecule has 0 aliphatic carbocycles. The van der Waals surface area contributed by atoms with Crippen LogP contribution in [-0.2, 0) is 28.6 Å². The molecule has 8 nitrogen and oxygen atoms in total. The van der Waals surface area contributed by atoms with Crippen LogP contribution in [0.1, 0.15) is 155 Å². The molecule has 0 bridgehead atoms. The summed E-state index contributed by atoms with van der Waals surface area (Å²) in [5.41, 5.74) is 0. The third kappa shape index (κ3) is 39.5. The van der Waals surface area contributed by atoms with E-state index in [-0.39, 0.29) is 42.7 Å². The van der Waals surface area contributed by atoms with E-state index in [0.717, 1.165) is 89.9 Å². The number of carbonyl (C=O) groups is 3. The van der Waals surface area contributed by atoms with Crippen molar-refractivity contribution in [3.05, 3.63) is 97.2 Å². The second-order valence-electron chi connectivity index (χ2n) is 15.9. The number of hydrogen-bond donors (Lipinski definition) is 1. The van der Waals surface area contributed by atoms with Crippen molar-refractivity contribution in [3.8, 4) is 0 Å². The minimum Gasteiger partial charge on any atom is -0.477 e. The average molecular weight is 823 g/mol. The van der Waals surface area contributed by atoms with Gasteiger partial charge in [0.2, 0.25) is 0 Å². The van der Waals surface area contributed by atoms with Crippen molar-refractivity contribution in [1.82, 2.24) is 0 Å². The van der Waals surface area contributed by atoms with Crippen LogP contribution in [0.25, 0.3) is 0 Å². The highest BCUT2D eigenvalue weighted by atomic mass is 16.6. The number of likely N-dealkylation sites (N-methyl/N-ethyl adjacent to an activating group) is 1. The first-order valence-corrected chi connectivity index (χ1v) is 22.8. The first-order valence-electron chi connectivity index (χ1n) is 22.8. The molecule has 0 aromatic rings. The van der Waals surface area contributed by atoms with Gasteiger partial charge in [0, 0.05) is 19.3 Å². The molecule has 0 spiro atoms. The zero-order chi connectivity index (χ0) is 43.5. The van der Waals surface area contributed by atoms with Crippen LogP contribution in [0, 0.1) is 0 Å². The Morgan fingerprint density at radius 1 is 0.525 bits per heavy atom. The second kappa shape index (κ2) is 41.0. The Labute approximate surface area is 360 Å². The summed E-state index contributed by atoms with van der Waals surface area (Å²) in [6.07, 6.45) is 54.6. The molecule has 0 aliphatic heterocycles. The summed E-state index contributed by atoms with van der Waals surface area (Å²) in [6, 6.07) is -0.631. The number of hydrogen-bond acceptors (Lipinski definition) is 6. The Kier molecular flexibility index (Phi) is 38.4. The first-order chi connectivity index (χ1) is 28.6. The van der Waals surface area contributed by atoms with Crippen LogP contribution in [0.4, 0.5) is 0 Å². The molecule has 1 N–H and O–H groups in total. The number of esters is 2. The Hall–Kier alpha value is -3.75. The highest BCUT2D eigenvalue weighted by molar-refractivity contribution is 5.72. The lowest BCUT2D eigenvalue weighted by atomic mass is 10.1. The third-order valence-corrected chi connectivity index (χ3v) is 9.47. The largest absolute Gasteiger partial charge is 0.477 e. The molecule has 2 unspecified atom stereocenters. The van der Waals surface area contributed by atoms with Crippen molar-refractivity contribution in [2.24, 2.45) is 0 Å². The van der Waals surface area contributed by atoms with Gasteiger partial charge in [-0.3, -0.25) is 9.59 Å². The standard InChI is InChI=1S/C51H83NO7/c1-6-8-10-12-14-16-18-20-22-23-24-25-26-27-28-30-31-33-35-37-39-41-49(53)58-46-47(45-57-44-43-48(51(55)56)52(3,4)5)59-50(54)42-40-38-36-34-32-29-21-19-17-15-13-11-9-7-2/h9,11,14-17,20-22,24-25,27-29,31,33,47-48H,6-8,10,12-13,18-19,23,26,30,32,34-46H2,1-5H3/p+1/b11-9+,16-14+,17-15+,22-20+,25-24+,28-27+,29-21+,33-31+. The molecular weight excluding hydrogens is 739 g/mol. The number of aliphatic carboxylic acids is 1. The highest BCUT2D eigenvalue weighted by Gasteiger charge is 2.31. The zero-order valence-electron chi connectivity index (χ0n) is 37.9. The summed E-state index contributed by atoms with van der Waals surface area (Å²) in [7, 11) is 5.49. The molecule has 0 rings (SSSR count). The van der Waals surface area contributed by atoms with Crippen LogP contribution < -0.4 is 0 Å². The molecule has 0 amide bonds. The van der Waals surface area contributed by atoms with Gasteiger partial charge in [0.15, 0.2) is 12.1 Å². The van der Waals surface area contributed by atoms with Gasteiger partial charge in [-0.25, -0.2) is 4.79 Å². The molecule has 0 aromatic carbocycles. The van der Waals surface area contributed by atoms with Gasteiger partial charge >= 0.3 is 17.9 Å². The van der Waals surface area contributed by atoms with Crippen molar-refractivity contribution < 1.29 is 38.2 Å². The fourth-order valence-corrected chi connectivity index (χ4v) is 5.95. The van der Waals surface area contributed by atoms with Crippen molar-refractivity contribution in [3.63, 3.8) is 0 Å². The molecule has 0 saturated heterocycles. The summed E-state index contributed by atoms with van der Waals surface area (Å²) < 4.78 is 17.2. The molecule has 8 heteroatoms. The fraction of sp³-hybridized carbons (Fsp3) is 0.627. The maximum absolute atomic E-state index is 12.7. The lowest BCUT2D eigenvalue weighted by Gasteiger charge is -2.31. The molecular formula is C51H84NO7+. The number of carboxylic acid groups (broad SMARTS) is 1. The van der Waals surface area contributed by atoms with Gasteiger partial charge in [0.25, 0.3) is 0 Å². The van der Waals surface area contributed by atoms with E-state index in [0.29, 0.717) is 19.3 Å². The van der Waals surface area contributed by atoms with Crippen LogP contribution in [0.5, 0.6) is 0 Å². The van der Waals surface area contributed by atoms with Gasteiger partial charge < -0.3 is 23.8 Å². The predicted octanol–water partition coefficient (Wildman–Crippen LogP) is 12.7. The molecule has 2 atom stereocenters. The quantitative estimate of drug-likeness (QED) is 0.0285. The zero-order valence-corrected chi connectivity index (χ0v) is 37.9.